The number of nitrogens with one attached hydrogen (secondary N) is 2. The fourth-order valence-corrected chi connectivity index (χ4v) is 7.17. The van der Waals surface area contributed by atoms with Crippen LogP contribution >= 0.6 is 7.82 Å². The van der Waals surface area contributed by atoms with Crippen LogP contribution in [0.25, 0.3) is 0 Å². The minimum atomic E-state index is -5.49. The fourth-order valence-electron chi connectivity index (χ4n) is 5.13. The number of hydrogen-bond acceptors (Lipinski definition) is 10. The number of phosphoric ester groups is 1. The Morgan fingerprint density at radius 2 is 1.51 bits per heavy atom. The van der Waals surface area contributed by atoms with Gasteiger partial charge >= 0.3 is 43.8 Å². The number of nitrogens with zero attached hydrogens (tertiary/aromatic N) is 1. The molecule has 0 aliphatic rings. The van der Waals surface area contributed by atoms with Gasteiger partial charge in [0.25, 0.3) is 0 Å². The Balaban J connectivity index is 0.00000867. The maximum absolute atomic E-state index is 13.8. The maximum Gasteiger partial charge on any atom is 2.00 e. The van der Waals surface area contributed by atoms with E-state index >= 15 is 0 Å². The number of alkyl carbamates (subject to hydrolysis) is 1. The van der Waals surface area contributed by atoms with Crippen LogP contribution in [0.3, 0.4) is 0 Å². The smallest absolute Gasteiger partial charge is 0.790 e. The third-order valence-corrected chi connectivity index (χ3v) is 9.65. The molecule has 0 aliphatic carbocycles. The molecule has 16 heteroatoms. The third-order valence-electron chi connectivity index (χ3n) is 7.34. The Morgan fingerprint density at radius 1 is 0.959 bits per heavy atom. The van der Waals surface area contributed by atoms with Gasteiger partial charge in [-0.1, -0.05) is 80.9 Å². The van der Waals surface area contributed by atoms with Gasteiger partial charge in [-0.2, -0.15) is 4.31 Å². The number of nitrogens with two attached hydrogens (primary N) is 1. The van der Waals surface area contributed by atoms with Crippen molar-refractivity contribution in [3.8, 4) is 0 Å². The number of rotatable bonds is 18. The largest absolute Gasteiger partial charge is 2.00 e. The van der Waals surface area contributed by atoms with Gasteiger partial charge in [-0.15, -0.1) is 0 Å². The average Bonchev–Trinajstić information content (AvgIpc) is 3.06. The van der Waals surface area contributed by atoms with E-state index in [2.05, 4.69) is 15.2 Å². The zero-order chi connectivity index (χ0) is 36.2. The summed E-state index contributed by atoms with van der Waals surface area (Å²) >= 11 is 0. The van der Waals surface area contributed by atoms with Crippen molar-refractivity contribution >= 4 is 73.3 Å². The molecule has 0 spiro atoms. The molecular weight excluding hydrogens is 700 g/mol. The third kappa shape index (κ3) is 13.6. The van der Waals surface area contributed by atoms with Crippen LogP contribution in [-0.4, -0.2) is 101 Å². The maximum atomic E-state index is 13.8. The molecule has 0 aliphatic heterocycles. The van der Waals surface area contributed by atoms with Crippen molar-refractivity contribution in [2.75, 3.05) is 32.5 Å². The Labute approximate surface area is 319 Å². The molecule has 49 heavy (non-hydrogen) atoms. The molecule has 13 nitrogen and oxygen atoms in total. The normalized spacial score (nSPS) is 14.0. The van der Waals surface area contributed by atoms with Gasteiger partial charge in [0.15, 0.2) is 0 Å². The number of ether oxygens (including phenoxy) is 1. The summed E-state index contributed by atoms with van der Waals surface area (Å²) in [6.07, 6.45) is -0.273. The van der Waals surface area contributed by atoms with Crippen LogP contribution in [0.4, 0.5) is 10.5 Å². The molecule has 3 rings (SSSR count). The molecule has 2 amide bonds. The number of benzene rings is 3. The summed E-state index contributed by atoms with van der Waals surface area (Å²) in [7, 11) is -8.67. The van der Waals surface area contributed by atoms with Crippen LogP contribution in [0.2, 0.25) is 0 Å². The monoisotopic (exact) mass is 743 g/mol. The van der Waals surface area contributed by atoms with Crippen molar-refractivity contribution < 1.29 is 43.0 Å². The molecule has 3 atom stereocenters. The van der Waals surface area contributed by atoms with Crippen molar-refractivity contribution in [3.63, 3.8) is 0 Å². The van der Waals surface area contributed by atoms with Crippen LogP contribution in [-0.2, 0) is 28.6 Å². The van der Waals surface area contributed by atoms with Crippen LogP contribution in [0.15, 0.2) is 89.8 Å². The van der Waals surface area contributed by atoms with Crippen LogP contribution in [0.5, 0.6) is 0 Å². The van der Waals surface area contributed by atoms with E-state index in [1.807, 2.05) is 60.7 Å². The Morgan fingerprint density at radius 3 is 2.00 bits per heavy atom. The molecule has 0 aromatic heterocycles. The predicted molar refractivity (Wildman–Crippen MR) is 184 cm³/mol. The second-order valence-electron chi connectivity index (χ2n) is 11.4. The summed E-state index contributed by atoms with van der Waals surface area (Å²) in [6.45, 7) is 1.22. The summed E-state index contributed by atoms with van der Waals surface area (Å²) in [5.74, 6) is -1.59. The zero-order valence-electron chi connectivity index (χ0n) is 28.8. The predicted octanol–water partition coefficient (Wildman–Crippen LogP) is 2.59. The number of nitrogen functional groups attached to an aromatic ring is 1. The molecule has 0 saturated heterocycles. The molecule has 3 aromatic rings. The molecular formula is C33H43CaN4O9PS. The quantitative estimate of drug-likeness (QED) is 0.0752. The fraction of sp³-hybridized carbons (Fsp3) is 0.394. The Hall–Kier alpha value is -2.52. The van der Waals surface area contributed by atoms with Gasteiger partial charge in [-0.3, -0.25) is 4.79 Å². The number of methoxy groups -OCH3 is 1. The number of amides is 2. The van der Waals surface area contributed by atoms with E-state index < -0.39 is 66.9 Å². The minimum absolute atomic E-state index is 0. The van der Waals surface area contributed by atoms with Gasteiger partial charge in [0.2, 0.25) is 15.9 Å². The summed E-state index contributed by atoms with van der Waals surface area (Å²) in [6, 6.07) is 21.4. The van der Waals surface area contributed by atoms with Crippen molar-refractivity contribution in [1.82, 2.24) is 14.9 Å². The Bertz CT molecular complexity index is 1610. The molecule has 262 valence electrons. The van der Waals surface area contributed by atoms with Crippen molar-refractivity contribution in [1.29, 1.82) is 0 Å². The molecule has 1 unspecified atom stereocenters. The number of carbonyl (C=O) groups is 2. The number of sulfonamides is 1. The second-order valence-corrected chi connectivity index (χ2v) is 14.4. The van der Waals surface area contributed by atoms with E-state index in [4.69, 9.17) is 11.8 Å². The van der Waals surface area contributed by atoms with E-state index in [-0.39, 0.29) is 62.0 Å². The first kappa shape index (κ1) is 40.9. The molecule has 0 bridgehead atoms. The molecule has 0 fully saturated rings. The number of unbranched alkanes of at least 4 members (excludes halogenated alkanes) is 1. The summed E-state index contributed by atoms with van der Waals surface area (Å²) in [5, 5.41) is 5.48. The summed E-state index contributed by atoms with van der Waals surface area (Å²) in [4.78, 5) is 48.7. The van der Waals surface area contributed by atoms with Crippen LogP contribution < -0.4 is 26.2 Å². The van der Waals surface area contributed by atoms with Crippen molar-refractivity contribution in [2.45, 2.75) is 56.0 Å². The van der Waals surface area contributed by atoms with Gasteiger partial charge in [0.1, 0.15) is 6.04 Å². The molecule has 3 aromatic carbocycles. The molecule has 0 radical (unpaired) electrons. The van der Waals surface area contributed by atoms with E-state index in [0.29, 0.717) is 12.1 Å². The van der Waals surface area contributed by atoms with E-state index in [1.165, 1.54) is 31.4 Å². The number of hydrogen-bond donors (Lipinski definition) is 3. The SMILES string of the molecule is [2H]C(C(C)C)N([C@@H](CCCCNC(=O)[C@@H](NC(=O)OC)C(c1ccccc1)c1ccccc1)COP(=O)([O-])[O-])S(=O)(=O)c1ccc(N)cc1.[Ca+2]. The zero-order valence-corrected chi connectivity index (χ0v) is 31.7. The summed E-state index contributed by atoms with van der Waals surface area (Å²) < 4.78 is 58.0. The van der Waals surface area contributed by atoms with Gasteiger partial charge < -0.3 is 40.0 Å². The van der Waals surface area contributed by atoms with Gasteiger partial charge in [0, 0.05) is 32.1 Å². The average molecular weight is 744 g/mol. The standard InChI is InChI=1S/C33H45N4O9PS.Ca/c1-24(2)22-37(48(43,44)29-19-17-27(34)18-20-29)28(23-46-47(40,41)42)16-10-11-21-35-32(38)31(36-33(39)45-3)30(25-12-6-4-7-13-25)26-14-8-5-9-15-26;/h4-9,12-15,17-20,24,28,30-31H,10-11,16,21-23,34H2,1-3H3,(H,35,38)(H,36,39)(H2,40,41,42);/q;+2/p-2/t28-,31-;/m0./s1/i22D;/t22?,28-,31-;. The topological polar surface area (TPSA) is 203 Å². The number of anilines is 1. The first-order chi connectivity index (χ1) is 23.2. The van der Waals surface area contributed by atoms with E-state index in [1.54, 1.807) is 13.8 Å². The first-order valence-corrected chi connectivity index (χ1v) is 18.3. The van der Waals surface area contributed by atoms with Crippen molar-refractivity contribution in [3.05, 3.63) is 96.1 Å². The number of carbonyl (C=O) groups excluding carboxylic acids is 2. The van der Waals surface area contributed by atoms with Crippen LogP contribution in [0.1, 0.15) is 51.5 Å². The van der Waals surface area contributed by atoms with E-state index in [0.717, 1.165) is 15.4 Å². The van der Waals surface area contributed by atoms with Gasteiger partial charge in [-0.05, 0) is 54.2 Å². The van der Waals surface area contributed by atoms with Gasteiger partial charge in [-0.25, -0.2) is 13.2 Å². The molecule has 0 heterocycles. The first-order valence-electron chi connectivity index (χ1n) is 15.9. The second kappa shape index (κ2) is 20.4. The minimum Gasteiger partial charge on any atom is -0.790 e. The Kier molecular flexibility index (Phi) is 17.0. The van der Waals surface area contributed by atoms with Crippen molar-refractivity contribution in [2.24, 2.45) is 5.92 Å². The van der Waals surface area contributed by atoms with E-state index in [9.17, 15) is 32.4 Å². The number of phosphoric acid groups is 1. The molecule has 4 N–H and O–H groups in total. The van der Waals surface area contributed by atoms with Crippen LogP contribution in [0, 0.1) is 5.92 Å². The van der Waals surface area contributed by atoms with Gasteiger partial charge in [0.05, 0.1) is 26.4 Å². The molecule has 0 saturated carbocycles. The summed E-state index contributed by atoms with van der Waals surface area (Å²) in [5.41, 5.74) is 7.60.